The molecule has 0 aliphatic heterocycles. The topological polar surface area (TPSA) is 47.3 Å². The molecule has 18 heavy (non-hydrogen) atoms. The summed E-state index contributed by atoms with van der Waals surface area (Å²) in [5, 5.41) is 0. The van der Waals surface area contributed by atoms with Gasteiger partial charge in [0.2, 0.25) is 0 Å². The zero-order valence-corrected chi connectivity index (χ0v) is 9.83. The maximum absolute atomic E-state index is 13.2. The van der Waals surface area contributed by atoms with Gasteiger partial charge in [0, 0.05) is 11.1 Å². The molecular formula is C14H9FO3. The molecule has 3 nitrogen and oxygen atoms in total. The molecule has 0 saturated heterocycles. The van der Waals surface area contributed by atoms with Crippen LogP contribution in [-0.4, -0.2) is 11.6 Å². The number of hydrogen-bond acceptors (Lipinski definition) is 3. The number of benzene rings is 1. The molecule has 1 aliphatic rings. The molecule has 0 unspecified atom stereocenters. The molecule has 1 heterocycles. The molecule has 0 atom stereocenters. The number of ketones is 2. The van der Waals surface area contributed by atoms with Crippen LogP contribution >= 0.6 is 0 Å². The fraction of sp³-hybridized carbons (Fsp3) is 0.143. The van der Waals surface area contributed by atoms with Crippen LogP contribution in [0.1, 0.15) is 43.4 Å². The molecule has 1 aromatic heterocycles. The SMILES string of the molecule is Cc1oc(C)c2c1C(=O)c1ccc(F)cc1C2=O. The molecule has 90 valence electrons. The van der Waals surface area contributed by atoms with E-state index in [2.05, 4.69) is 0 Å². The fourth-order valence-corrected chi connectivity index (χ4v) is 2.40. The Morgan fingerprint density at radius 1 is 0.944 bits per heavy atom. The van der Waals surface area contributed by atoms with Crippen molar-refractivity contribution >= 4 is 11.6 Å². The van der Waals surface area contributed by atoms with Crippen LogP contribution in [0, 0.1) is 19.7 Å². The van der Waals surface area contributed by atoms with E-state index in [1.807, 2.05) is 0 Å². The van der Waals surface area contributed by atoms with Crippen molar-refractivity contribution < 1.29 is 18.4 Å². The molecule has 0 fully saturated rings. The Morgan fingerprint density at radius 2 is 1.50 bits per heavy atom. The maximum atomic E-state index is 13.2. The lowest BCUT2D eigenvalue weighted by Crippen LogP contribution is -2.20. The standard InChI is InChI=1S/C14H9FO3/c1-6-11-12(7(2)18-6)14(17)10-5-8(15)3-4-9(10)13(11)16/h3-5H,1-2H3. The van der Waals surface area contributed by atoms with E-state index < -0.39 is 5.82 Å². The van der Waals surface area contributed by atoms with E-state index in [9.17, 15) is 14.0 Å². The third-order valence-electron chi connectivity index (χ3n) is 3.19. The van der Waals surface area contributed by atoms with Gasteiger partial charge >= 0.3 is 0 Å². The van der Waals surface area contributed by atoms with E-state index in [0.717, 1.165) is 6.07 Å². The molecule has 3 rings (SSSR count). The van der Waals surface area contributed by atoms with Gasteiger partial charge in [-0.3, -0.25) is 9.59 Å². The third kappa shape index (κ3) is 1.23. The first-order valence-corrected chi connectivity index (χ1v) is 5.49. The van der Waals surface area contributed by atoms with Gasteiger partial charge in [0.1, 0.15) is 17.3 Å². The molecule has 4 heteroatoms. The number of carbonyl (C=O) groups is 2. The summed E-state index contributed by atoms with van der Waals surface area (Å²) in [7, 11) is 0. The highest BCUT2D eigenvalue weighted by Crippen LogP contribution is 2.33. The zero-order chi connectivity index (χ0) is 13.0. The predicted molar refractivity (Wildman–Crippen MR) is 61.4 cm³/mol. The molecule has 0 saturated carbocycles. The molecule has 0 radical (unpaired) electrons. The zero-order valence-electron chi connectivity index (χ0n) is 9.83. The lowest BCUT2D eigenvalue weighted by molar-refractivity contribution is 0.0979. The Balaban J connectivity index is 2.37. The molecule has 1 aliphatic carbocycles. The molecular weight excluding hydrogens is 235 g/mol. The first-order chi connectivity index (χ1) is 8.50. The van der Waals surface area contributed by atoms with E-state index in [1.54, 1.807) is 13.8 Å². The van der Waals surface area contributed by atoms with Gasteiger partial charge in [0.05, 0.1) is 11.1 Å². The first-order valence-electron chi connectivity index (χ1n) is 5.49. The van der Waals surface area contributed by atoms with Gasteiger partial charge < -0.3 is 4.42 Å². The number of fused-ring (bicyclic) bond motifs is 2. The number of carbonyl (C=O) groups excluding carboxylic acids is 2. The normalized spacial score (nSPS) is 13.5. The van der Waals surface area contributed by atoms with Gasteiger partial charge in [0.25, 0.3) is 0 Å². The lowest BCUT2D eigenvalue weighted by Gasteiger charge is -2.14. The number of rotatable bonds is 0. The van der Waals surface area contributed by atoms with E-state index in [4.69, 9.17) is 4.42 Å². The number of aryl methyl sites for hydroxylation is 2. The lowest BCUT2D eigenvalue weighted by atomic mass is 9.84. The summed E-state index contributed by atoms with van der Waals surface area (Å²) in [5.41, 5.74) is 0.904. The van der Waals surface area contributed by atoms with E-state index in [0.29, 0.717) is 17.1 Å². The monoisotopic (exact) mass is 244 g/mol. The summed E-state index contributed by atoms with van der Waals surface area (Å²) in [6.45, 7) is 3.27. The highest BCUT2D eigenvalue weighted by molar-refractivity contribution is 6.29. The summed E-state index contributed by atoms with van der Waals surface area (Å²) in [5.74, 6) is -0.342. The molecule has 0 amide bonds. The first kappa shape index (κ1) is 10.9. The van der Waals surface area contributed by atoms with Crippen molar-refractivity contribution in [1.29, 1.82) is 0 Å². The quantitative estimate of drug-likeness (QED) is 0.611. The van der Waals surface area contributed by atoms with Crippen LogP contribution in [0.25, 0.3) is 0 Å². The van der Waals surface area contributed by atoms with Crippen LogP contribution < -0.4 is 0 Å². The summed E-state index contributed by atoms with van der Waals surface area (Å²) in [6.07, 6.45) is 0. The summed E-state index contributed by atoms with van der Waals surface area (Å²) in [6, 6.07) is 3.62. The molecule has 1 aromatic carbocycles. The largest absolute Gasteiger partial charge is 0.465 e. The van der Waals surface area contributed by atoms with Crippen LogP contribution in [0.3, 0.4) is 0 Å². The van der Waals surface area contributed by atoms with E-state index in [1.165, 1.54) is 12.1 Å². The number of furan rings is 1. The van der Waals surface area contributed by atoms with Gasteiger partial charge in [-0.25, -0.2) is 4.39 Å². The van der Waals surface area contributed by atoms with Crippen molar-refractivity contribution in [3.8, 4) is 0 Å². The highest BCUT2D eigenvalue weighted by Gasteiger charge is 2.35. The Morgan fingerprint density at radius 3 is 2.11 bits per heavy atom. The van der Waals surface area contributed by atoms with Crippen molar-refractivity contribution in [2.24, 2.45) is 0 Å². The smallest absolute Gasteiger partial charge is 0.198 e. The van der Waals surface area contributed by atoms with Crippen molar-refractivity contribution in [2.45, 2.75) is 13.8 Å². The molecule has 2 aromatic rings. The average molecular weight is 244 g/mol. The van der Waals surface area contributed by atoms with Crippen molar-refractivity contribution in [1.82, 2.24) is 0 Å². The van der Waals surface area contributed by atoms with Crippen molar-refractivity contribution in [3.05, 3.63) is 57.8 Å². The minimum atomic E-state index is -0.531. The summed E-state index contributed by atoms with van der Waals surface area (Å²) in [4.78, 5) is 24.5. The van der Waals surface area contributed by atoms with E-state index >= 15 is 0 Å². The van der Waals surface area contributed by atoms with Gasteiger partial charge in [0.15, 0.2) is 11.6 Å². The number of hydrogen-bond donors (Lipinski definition) is 0. The second-order valence-electron chi connectivity index (χ2n) is 4.31. The summed E-state index contributed by atoms with van der Waals surface area (Å²) < 4.78 is 18.5. The van der Waals surface area contributed by atoms with Crippen LogP contribution in [-0.2, 0) is 0 Å². The second-order valence-corrected chi connectivity index (χ2v) is 4.31. The second kappa shape index (κ2) is 3.38. The van der Waals surface area contributed by atoms with Crippen LogP contribution in [0.4, 0.5) is 4.39 Å². The minimum Gasteiger partial charge on any atom is -0.465 e. The third-order valence-corrected chi connectivity index (χ3v) is 3.19. The van der Waals surface area contributed by atoms with Gasteiger partial charge in [-0.2, -0.15) is 0 Å². The molecule has 0 bridgehead atoms. The van der Waals surface area contributed by atoms with Crippen LogP contribution in [0.2, 0.25) is 0 Å². The molecule has 0 N–H and O–H groups in total. The Labute approximate surface area is 102 Å². The average Bonchev–Trinajstić information content (AvgIpc) is 2.61. The fourth-order valence-electron chi connectivity index (χ4n) is 2.40. The van der Waals surface area contributed by atoms with Crippen LogP contribution in [0.15, 0.2) is 22.6 Å². The van der Waals surface area contributed by atoms with Crippen molar-refractivity contribution in [3.63, 3.8) is 0 Å². The Hall–Kier alpha value is -2.23. The van der Waals surface area contributed by atoms with E-state index in [-0.39, 0.29) is 28.3 Å². The maximum Gasteiger partial charge on any atom is 0.198 e. The van der Waals surface area contributed by atoms with Crippen LogP contribution in [0.5, 0.6) is 0 Å². The van der Waals surface area contributed by atoms with Gasteiger partial charge in [-0.1, -0.05) is 0 Å². The van der Waals surface area contributed by atoms with Gasteiger partial charge in [-0.15, -0.1) is 0 Å². The van der Waals surface area contributed by atoms with Gasteiger partial charge in [-0.05, 0) is 32.0 Å². The summed E-state index contributed by atoms with van der Waals surface area (Å²) >= 11 is 0. The Bertz CT molecular complexity index is 710. The molecule has 0 spiro atoms. The number of halogens is 1. The highest BCUT2D eigenvalue weighted by atomic mass is 19.1. The van der Waals surface area contributed by atoms with Crippen molar-refractivity contribution in [2.75, 3.05) is 0 Å². The predicted octanol–water partition coefficient (Wildman–Crippen LogP) is 2.81. The minimum absolute atomic E-state index is 0.108. The Kier molecular flexibility index (Phi) is 2.05.